The van der Waals surface area contributed by atoms with E-state index in [1.165, 1.54) is 0 Å². The summed E-state index contributed by atoms with van der Waals surface area (Å²) < 4.78 is 12.2. The number of aliphatic hydroxyl groups is 1. The molecule has 0 aliphatic carbocycles. The average molecular weight is 521 g/mol. The van der Waals surface area contributed by atoms with Gasteiger partial charge in [-0.05, 0) is 50.1 Å². The number of piperidine rings is 1. The fourth-order valence-electron chi connectivity index (χ4n) is 4.71. The molecular weight excluding hydrogens is 492 g/mol. The van der Waals surface area contributed by atoms with Crippen LogP contribution in [0.4, 0.5) is 16.6 Å². The van der Waals surface area contributed by atoms with E-state index < -0.39 is 6.10 Å². The molecule has 0 saturated carbocycles. The van der Waals surface area contributed by atoms with Crippen molar-refractivity contribution in [2.45, 2.75) is 25.9 Å². The number of nitrogens with one attached hydrogen (secondary N) is 1. The van der Waals surface area contributed by atoms with Crippen molar-refractivity contribution >= 4 is 44.2 Å². The van der Waals surface area contributed by atoms with Gasteiger partial charge in [0, 0.05) is 43.6 Å². The number of carbonyl (C=O) groups excluding carboxylic acids is 1. The van der Waals surface area contributed by atoms with Crippen LogP contribution in [0.1, 0.15) is 29.1 Å². The van der Waals surface area contributed by atoms with Crippen molar-refractivity contribution < 1.29 is 19.1 Å². The Morgan fingerprint density at radius 3 is 2.81 bits per heavy atom. The Morgan fingerprint density at radius 2 is 2.00 bits per heavy atom. The zero-order valence-electron chi connectivity index (χ0n) is 20.5. The minimum Gasteiger partial charge on any atom is -0.451 e. The molecular formula is C26H28N6O4S. The minimum absolute atomic E-state index is 0.201. The number of carbonyl (C=O) groups is 1. The van der Waals surface area contributed by atoms with Gasteiger partial charge in [-0.3, -0.25) is 9.78 Å². The number of morpholine rings is 1. The number of nitrogens with zero attached hydrogens (tertiary/aromatic N) is 5. The molecule has 37 heavy (non-hydrogen) atoms. The van der Waals surface area contributed by atoms with E-state index in [0.29, 0.717) is 42.7 Å². The summed E-state index contributed by atoms with van der Waals surface area (Å²) in [7, 11) is 0. The van der Waals surface area contributed by atoms with Crippen LogP contribution in [-0.4, -0.2) is 71.5 Å². The lowest BCUT2D eigenvalue weighted by atomic mass is 10.1. The smallest absolute Gasteiger partial charge is 0.291 e. The number of β-amino-alcohol motifs (C(OH)–C–C–N with tert-alkyl or cyclic N) is 1. The number of aryl methyl sites for hydroxylation is 1. The maximum Gasteiger partial charge on any atom is 0.291 e. The van der Waals surface area contributed by atoms with E-state index >= 15 is 0 Å². The van der Waals surface area contributed by atoms with Gasteiger partial charge in [0.05, 0.1) is 29.7 Å². The van der Waals surface area contributed by atoms with Gasteiger partial charge in [0.15, 0.2) is 22.4 Å². The summed E-state index contributed by atoms with van der Waals surface area (Å²) in [5.41, 5.74) is 2.93. The molecule has 0 radical (unpaired) electrons. The molecule has 4 aromatic rings. The summed E-state index contributed by atoms with van der Waals surface area (Å²) in [5, 5.41) is 14.2. The fraction of sp³-hybridized carbons (Fsp3) is 0.385. The summed E-state index contributed by atoms with van der Waals surface area (Å²) in [5.74, 6) is 1.04. The standard InChI is InChI=1S/C26H28N6O4S/c1-16-13-17(6-7-27-16)20-4-5-21(36-20)25(34)28-19-14-22-23(29-24(19)32-8-2-3-18(33)15-32)30-26(37-22)31-9-11-35-12-10-31/h4-7,13-14,18,33H,2-3,8-12,15H2,1H3,(H,28,34). The number of aromatic nitrogens is 3. The van der Waals surface area contributed by atoms with Gasteiger partial charge in [0.1, 0.15) is 5.76 Å². The lowest BCUT2D eigenvalue weighted by Gasteiger charge is -2.32. The number of thiazole rings is 1. The number of ether oxygens (including phenoxy) is 1. The highest BCUT2D eigenvalue weighted by atomic mass is 32.1. The lowest BCUT2D eigenvalue weighted by Crippen LogP contribution is -2.39. The average Bonchev–Trinajstić information content (AvgIpc) is 3.56. The first-order chi connectivity index (χ1) is 18.0. The highest BCUT2D eigenvalue weighted by molar-refractivity contribution is 7.22. The minimum atomic E-state index is -0.439. The molecule has 2 fully saturated rings. The van der Waals surface area contributed by atoms with Gasteiger partial charge in [-0.1, -0.05) is 11.3 Å². The molecule has 0 aromatic carbocycles. The molecule has 2 aliphatic heterocycles. The quantitative estimate of drug-likeness (QED) is 0.406. The Bertz CT molecular complexity index is 1430. The van der Waals surface area contributed by atoms with E-state index in [1.807, 2.05) is 30.0 Å². The van der Waals surface area contributed by atoms with Crippen LogP contribution in [0.3, 0.4) is 0 Å². The zero-order valence-corrected chi connectivity index (χ0v) is 21.3. The van der Waals surface area contributed by atoms with Crippen molar-refractivity contribution in [2.24, 2.45) is 0 Å². The van der Waals surface area contributed by atoms with Gasteiger partial charge >= 0.3 is 0 Å². The molecule has 6 rings (SSSR count). The van der Waals surface area contributed by atoms with E-state index in [2.05, 4.69) is 15.2 Å². The van der Waals surface area contributed by atoms with Crippen molar-refractivity contribution in [3.63, 3.8) is 0 Å². The number of aliphatic hydroxyl groups excluding tert-OH is 1. The Balaban J connectivity index is 1.32. The Morgan fingerprint density at radius 1 is 1.14 bits per heavy atom. The highest BCUT2D eigenvalue weighted by Gasteiger charge is 2.25. The van der Waals surface area contributed by atoms with Gasteiger partial charge in [0.25, 0.3) is 5.91 Å². The summed E-state index contributed by atoms with van der Waals surface area (Å²) in [6, 6.07) is 9.13. The molecule has 2 saturated heterocycles. The second-order valence-electron chi connectivity index (χ2n) is 9.32. The first-order valence-electron chi connectivity index (χ1n) is 12.4. The third-order valence-corrected chi connectivity index (χ3v) is 7.64. The third-order valence-electron chi connectivity index (χ3n) is 6.59. The maximum atomic E-state index is 13.3. The number of hydrogen-bond donors (Lipinski definition) is 2. The van der Waals surface area contributed by atoms with Crippen LogP contribution >= 0.6 is 11.3 Å². The fourth-order valence-corrected chi connectivity index (χ4v) is 5.71. The summed E-state index contributed by atoms with van der Waals surface area (Å²) in [6.45, 7) is 6.02. The van der Waals surface area contributed by atoms with E-state index in [-0.39, 0.29) is 11.7 Å². The van der Waals surface area contributed by atoms with Crippen molar-refractivity contribution in [2.75, 3.05) is 54.5 Å². The molecule has 192 valence electrons. The molecule has 4 aromatic heterocycles. The van der Waals surface area contributed by atoms with Crippen LogP contribution in [0.15, 0.2) is 40.9 Å². The SMILES string of the molecule is Cc1cc(-c2ccc(C(=O)Nc3cc4sc(N5CCOCC5)nc4nc3N3CCCC(O)C3)o2)ccn1. The number of amides is 1. The van der Waals surface area contributed by atoms with Crippen LogP contribution in [0.5, 0.6) is 0 Å². The second-order valence-corrected chi connectivity index (χ2v) is 10.3. The van der Waals surface area contributed by atoms with Gasteiger partial charge in [0.2, 0.25) is 0 Å². The monoisotopic (exact) mass is 520 g/mol. The third kappa shape index (κ3) is 5.02. The number of fused-ring (bicyclic) bond motifs is 1. The number of hydrogen-bond acceptors (Lipinski definition) is 10. The number of pyridine rings is 2. The molecule has 10 nitrogen and oxygen atoms in total. The highest BCUT2D eigenvalue weighted by Crippen LogP contribution is 2.36. The lowest BCUT2D eigenvalue weighted by molar-refractivity contribution is 0.0997. The molecule has 2 N–H and O–H groups in total. The van der Waals surface area contributed by atoms with Crippen LogP contribution < -0.4 is 15.1 Å². The normalized spacial score (nSPS) is 18.4. The second kappa shape index (κ2) is 10.1. The zero-order chi connectivity index (χ0) is 25.4. The largest absolute Gasteiger partial charge is 0.451 e. The van der Waals surface area contributed by atoms with Gasteiger partial charge in [-0.2, -0.15) is 4.98 Å². The number of furan rings is 1. The van der Waals surface area contributed by atoms with Crippen LogP contribution in [0.25, 0.3) is 21.7 Å². The van der Waals surface area contributed by atoms with Crippen LogP contribution in [-0.2, 0) is 4.74 Å². The molecule has 11 heteroatoms. The van der Waals surface area contributed by atoms with Gasteiger partial charge in [-0.15, -0.1) is 0 Å². The van der Waals surface area contributed by atoms with Crippen molar-refractivity contribution in [1.82, 2.24) is 15.0 Å². The molecule has 1 amide bonds. The predicted molar refractivity (Wildman–Crippen MR) is 143 cm³/mol. The summed E-state index contributed by atoms with van der Waals surface area (Å²) >= 11 is 1.55. The molecule has 1 atom stereocenters. The molecule has 0 spiro atoms. The maximum absolute atomic E-state index is 13.3. The Kier molecular flexibility index (Phi) is 6.49. The summed E-state index contributed by atoms with van der Waals surface area (Å²) in [4.78, 5) is 31.3. The van der Waals surface area contributed by atoms with E-state index in [1.54, 1.807) is 29.7 Å². The molecule has 0 bridgehead atoms. The van der Waals surface area contributed by atoms with Crippen LogP contribution in [0, 0.1) is 6.92 Å². The predicted octanol–water partition coefficient (Wildman–Crippen LogP) is 3.70. The van der Waals surface area contributed by atoms with E-state index in [9.17, 15) is 9.90 Å². The first-order valence-corrected chi connectivity index (χ1v) is 13.3. The van der Waals surface area contributed by atoms with Gasteiger partial charge in [-0.25, -0.2) is 4.98 Å². The van der Waals surface area contributed by atoms with E-state index in [0.717, 1.165) is 53.6 Å². The van der Waals surface area contributed by atoms with E-state index in [4.69, 9.17) is 19.1 Å². The molecule has 6 heterocycles. The first kappa shape index (κ1) is 23.8. The van der Waals surface area contributed by atoms with Gasteiger partial charge < -0.3 is 29.4 Å². The summed E-state index contributed by atoms with van der Waals surface area (Å²) in [6.07, 6.45) is 2.87. The molecule has 1 unspecified atom stereocenters. The Hall–Kier alpha value is -3.54. The molecule has 2 aliphatic rings. The number of anilines is 3. The van der Waals surface area contributed by atoms with Crippen molar-refractivity contribution in [3.8, 4) is 11.3 Å². The Labute approximate surface area is 217 Å². The number of rotatable bonds is 5. The van der Waals surface area contributed by atoms with Crippen LogP contribution in [0.2, 0.25) is 0 Å². The topological polar surface area (TPSA) is 117 Å². The van der Waals surface area contributed by atoms with Crippen molar-refractivity contribution in [3.05, 3.63) is 48.0 Å². The van der Waals surface area contributed by atoms with Crippen molar-refractivity contribution in [1.29, 1.82) is 0 Å².